The van der Waals surface area contributed by atoms with Gasteiger partial charge in [-0.25, -0.2) is 0 Å². The molecule has 0 aliphatic rings. The maximum atomic E-state index is 5.79. The van der Waals surface area contributed by atoms with Gasteiger partial charge in [-0.1, -0.05) is 29.8 Å². The Morgan fingerprint density at radius 1 is 1.21 bits per heavy atom. The highest BCUT2D eigenvalue weighted by atomic mass is 15.1. The van der Waals surface area contributed by atoms with E-state index in [4.69, 9.17) is 5.73 Å². The summed E-state index contributed by atoms with van der Waals surface area (Å²) in [5.41, 5.74) is 11.6. The third-order valence-electron chi connectivity index (χ3n) is 3.23. The molecule has 0 aliphatic heterocycles. The maximum absolute atomic E-state index is 5.79. The van der Waals surface area contributed by atoms with Crippen LogP contribution in [0.25, 0.3) is 0 Å². The Morgan fingerprint density at radius 3 is 2.68 bits per heavy atom. The molecule has 0 spiro atoms. The van der Waals surface area contributed by atoms with E-state index in [1.807, 2.05) is 13.1 Å². The van der Waals surface area contributed by atoms with Gasteiger partial charge in [0.15, 0.2) is 0 Å². The SMILES string of the molecule is Cc1cccc(CN(C)c2cc(C)ncc2CN)c1. The third kappa shape index (κ3) is 3.32. The van der Waals surface area contributed by atoms with E-state index in [1.54, 1.807) is 0 Å². The van der Waals surface area contributed by atoms with Crippen LogP contribution in [0.4, 0.5) is 5.69 Å². The minimum atomic E-state index is 0.515. The smallest absolute Gasteiger partial charge is 0.0445 e. The highest BCUT2D eigenvalue weighted by molar-refractivity contribution is 5.53. The molecule has 1 heterocycles. The van der Waals surface area contributed by atoms with Crippen LogP contribution in [-0.2, 0) is 13.1 Å². The van der Waals surface area contributed by atoms with Gasteiger partial charge >= 0.3 is 0 Å². The summed E-state index contributed by atoms with van der Waals surface area (Å²) in [5.74, 6) is 0. The van der Waals surface area contributed by atoms with Gasteiger partial charge in [0.05, 0.1) is 0 Å². The number of hydrogen-bond acceptors (Lipinski definition) is 3. The molecule has 2 N–H and O–H groups in total. The van der Waals surface area contributed by atoms with E-state index in [0.29, 0.717) is 6.54 Å². The largest absolute Gasteiger partial charge is 0.370 e. The van der Waals surface area contributed by atoms with Crippen LogP contribution in [0.1, 0.15) is 22.4 Å². The molecule has 100 valence electrons. The van der Waals surface area contributed by atoms with Crippen molar-refractivity contribution in [1.82, 2.24) is 4.98 Å². The zero-order valence-electron chi connectivity index (χ0n) is 11.9. The molecule has 0 fully saturated rings. The molecule has 2 rings (SSSR count). The number of anilines is 1. The fourth-order valence-electron chi connectivity index (χ4n) is 2.26. The molecule has 0 saturated carbocycles. The van der Waals surface area contributed by atoms with Gasteiger partial charge in [0, 0.05) is 43.3 Å². The average Bonchev–Trinajstić information content (AvgIpc) is 2.38. The van der Waals surface area contributed by atoms with Crippen molar-refractivity contribution in [3.8, 4) is 0 Å². The van der Waals surface area contributed by atoms with Crippen molar-refractivity contribution < 1.29 is 0 Å². The van der Waals surface area contributed by atoms with Crippen molar-refractivity contribution in [3.05, 3.63) is 58.9 Å². The van der Waals surface area contributed by atoms with Crippen LogP contribution in [0.5, 0.6) is 0 Å². The van der Waals surface area contributed by atoms with Gasteiger partial charge in [0.1, 0.15) is 0 Å². The molecular formula is C16H21N3. The van der Waals surface area contributed by atoms with E-state index in [1.165, 1.54) is 11.1 Å². The molecule has 0 aliphatic carbocycles. The number of nitrogens with two attached hydrogens (primary N) is 1. The molecule has 0 bridgehead atoms. The molecular weight excluding hydrogens is 234 g/mol. The number of rotatable bonds is 4. The summed E-state index contributed by atoms with van der Waals surface area (Å²) in [5, 5.41) is 0. The van der Waals surface area contributed by atoms with Gasteiger partial charge in [0.2, 0.25) is 0 Å². The standard InChI is InChI=1S/C16H21N3/c1-12-5-4-6-14(7-12)11-19(3)16-8-13(2)18-10-15(16)9-17/h4-8,10H,9,11,17H2,1-3H3. The molecule has 0 amide bonds. The second-order valence-corrected chi connectivity index (χ2v) is 5.00. The molecule has 0 unspecified atom stereocenters. The molecule has 2 aromatic rings. The number of benzene rings is 1. The number of nitrogens with zero attached hydrogens (tertiary/aromatic N) is 2. The lowest BCUT2D eigenvalue weighted by molar-refractivity contribution is 0.893. The Balaban J connectivity index is 2.24. The maximum Gasteiger partial charge on any atom is 0.0445 e. The van der Waals surface area contributed by atoms with Crippen molar-refractivity contribution in [2.75, 3.05) is 11.9 Å². The van der Waals surface area contributed by atoms with Crippen LogP contribution in [0.3, 0.4) is 0 Å². The van der Waals surface area contributed by atoms with Gasteiger partial charge in [-0.15, -0.1) is 0 Å². The molecule has 0 saturated heterocycles. The molecule has 0 radical (unpaired) electrons. The zero-order valence-corrected chi connectivity index (χ0v) is 11.9. The van der Waals surface area contributed by atoms with Crippen LogP contribution in [0.15, 0.2) is 36.5 Å². The fourth-order valence-corrected chi connectivity index (χ4v) is 2.26. The Morgan fingerprint density at radius 2 is 2.00 bits per heavy atom. The van der Waals surface area contributed by atoms with E-state index >= 15 is 0 Å². The second kappa shape index (κ2) is 5.85. The first-order valence-electron chi connectivity index (χ1n) is 6.52. The van der Waals surface area contributed by atoms with Crippen LogP contribution in [0, 0.1) is 13.8 Å². The normalized spacial score (nSPS) is 10.5. The predicted octanol–water partition coefficient (Wildman–Crippen LogP) is 2.79. The van der Waals surface area contributed by atoms with Gasteiger partial charge in [0.25, 0.3) is 0 Å². The Kier molecular flexibility index (Phi) is 4.17. The molecule has 0 atom stereocenters. The minimum Gasteiger partial charge on any atom is -0.370 e. The van der Waals surface area contributed by atoms with Gasteiger partial charge in [-0.2, -0.15) is 0 Å². The van der Waals surface area contributed by atoms with Crippen molar-refractivity contribution >= 4 is 5.69 Å². The third-order valence-corrected chi connectivity index (χ3v) is 3.23. The average molecular weight is 255 g/mol. The molecule has 1 aromatic carbocycles. The summed E-state index contributed by atoms with van der Waals surface area (Å²) >= 11 is 0. The first-order valence-corrected chi connectivity index (χ1v) is 6.52. The topological polar surface area (TPSA) is 42.2 Å². The monoisotopic (exact) mass is 255 g/mol. The number of pyridine rings is 1. The Bertz CT molecular complexity index is 564. The van der Waals surface area contributed by atoms with E-state index in [9.17, 15) is 0 Å². The zero-order chi connectivity index (χ0) is 13.8. The van der Waals surface area contributed by atoms with Gasteiger partial charge < -0.3 is 10.6 Å². The quantitative estimate of drug-likeness (QED) is 0.913. The van der Waals surface area contributed by atoms with Crippen LogP contribution < -0.4 is 10.6 Å². The van der Waals surface area contributed by atoms with Crippen LogP contribution in [-0.4, -0.2) is 12.0 Å². The highest BCUT2D eigenvalue weighted by Gasteiger charge is 2.08. The Hall–Kier alpha value is -1.87. The van der Waals surface area contributed by atoms with Gasteiger partial charge in [-0.3, -0.25) is 4.98 Å². The van der Waals surface area contributed by atoms with E-state index < -0.39 is 0 Å². The van der Waals surface area contributed by atoms with Crippen molar-refractivity contribution in [1.29, 1.82) is 0 Å². The van der Waals surface area contributed by atoms with E-state index in [2.05, 4.69) is 54.2 Å². The van der Waals surface area contributed by atoms with Gasteiger partial charge in [-0.05, 0) is 25.5 Å². The molecule has 1 aromatic heterocycles. The van der Waals surface area contributed by atoms with Crippen molar-refractivity contribution in [2.45, 2.75) is 26.9 Å². The molecule has 19 heavy (non-hydrogen) atoms. The predicted molar refractivity (Wildman–Crippen MR) is 80.2 cm³/mol. The summed E-state index contributed by atoms with van der Waals surface area (Å²) < 4.78 is 0. The van der Waals surface area contributed by atoms with Crippen molar-refractivity contribution in [3.63, 3.8) is 0 Å². The molecule has 3 heteroatoms. The molecule has 3 nitrogen and oxygen atoms in total. The summed E-state index contributed by atoms with van der Waals surface area (Å²) in [7, 11) is 2.09. The summed E-state index contributed by atoms with van der Waals surface area (Å²) in [6.45, 7) is 5.51. The number of aromatic nitrogens is 1. The minimum absolute atomic E-state index is 0.515. The highest BCUT2D eigenvalue weighted by Crippen LogP contribution is 2.21. The summed E-state index contributed by atoms with van der Waals surface area (Å²) in [6.07, 6.45) is 1.87. The summed E-state index contributed by atoms with van der Waals surface area (Å²) in [6, 6.07) is 10.7. The van der Waals surface area contributed by atoms with Crippen molar-refractivity contribution in [2.24, 2.45) is 5.73 Å². The summed E-state index contributed by atoms with van der Waals surface area (Å²) in [4.78, 5) is 6.54. The number of hydrogen-bond donors (Lipinski definition) is 1. The van der Waals surface area contributed by atoms with Crippen LogP contribution >= 0.6 is 0 Å². The fraction of sp³-hybridized carbons (Fsp3) is 0.312. The first-order chi connectivity index (χ1) is 9.10. The second-order valence-electron chi connectivity index (χ2n) is 5.00. The lowest BCUT2D eigenvalue weighted by Crippen LogP contribution is -2.19. The van der Waals surface area contributed by atoms with E-state index in [0.717, 1.165) is 23.5 Å². The first kappa shape index (κ1) is 13.6. The van der Waals surface area contributed by atoms with Crippen LogP contribution in [0.2, 0.25) is 0 Å². The lowest BCUT2D eigenvalue weighted by atomic mass is 10.1. The lowest BCUT2D eigenvalue weighted by Gasteiger charge is -2.22. The Labute approximate surface area is 115 Å². The van der Waals surface area contributed by atoms with E-state index in [-0.39, 0.29) is 0 Å². The number of aryl methyl sites for hydroxylation is 2.